The van der Waals surface area contributed by atoms with E-state index < -0.39 is 35.5 Å². The molecule has 0 radical (unpaired) electrons. The van der Waals surface area contributed by atoms with Crippen molar-refractivity contribution < 1.29 is 37.7 Å². The first-order chi connectivity index (χ1) is 17.5. The normalized spacial score (nSPS) is 23.6. The van der Waals surface area contributed by atoms with Crippen LogP contribution in [-0.2, 0) is 15.8 Å². The Bertz CT molecular complexity index is 1100. The lowest BCUT2D eigenvalue weighted by molar-refractivity contribution is -0.277. The second-order valence-corrected chi connectivity index (χ2v) is 9.87. The van der Waals surface area contributed by atoms with Gasteiger partial charge in [-0.15, -0.1) is 0 Å². The number of hydrogen-bond donors (Lipinski definition) is 3. The van der Waals surface area contributed by atoms with Crippen molar-refractivity contribution in [3.05, 3.63) is 65.5 Å². The van der Waals surface area contributed by atoms with E-state index in [1.54, 1.807) is 12.3 Å². The predicted molar refractivity (Wildman–Crippen MR) is 126 cm³/mol. The highest BCUT2D eigenvalue weighted by Gasteiger charge is 2.54. The van der Waals surface area contributed by atoms with E-state index in [9.17, 15) is 33.0 Å². The highest BCUT2D eigenvalue weighted by molar-refractivity contribution is 5.95. The molecule has 2 aliphatic carbocycles. The number of amides is 2. The molecule has 2 fully saturated rings. The van der Waals surface area contributed by atoms with Gasteiger partial charge in [-0.05, 0) is 68.4 Å². The van der Waals surface area contributed by atoms with E-state index in [0.717, 1.165) is 30.7 Å². The summed E-state index contributed by atoms with van der Waals surface area (Å²) in [5.74, 6) is -0.294. The topological polar surface area (TPSA) is 126 Å². The summed E-state index contributed by atoms with van der Waals surface area (Å²) in [5, 5.41) is 19.2. The minimum atomic E-state index is -5.08. The Morgan fingerprint density at radius 3 is 2.16 bits per heavy atom. The molecule has 8 nitrogen and oxygen atoms in total. The highest BCUT2D eigenvalue weighted by Crippen LogP contribution is 2.43. The molecule has 0 spiro atoms. The van der Waals surface area contributed by atoms with Crippen LogP contribution in [0.5, 0.6) is 0 Å². The van der Waals surface area contributed by atoms with Gasteiger partial charge in [-0.25, -0.2) is 4.79 Å². The molecule has 200 valence electrons. The molecule has 1 aromatic heterocycles. The monoisotopic (exact) mass is 521 g/mol. The quantitative estimate of drug-likeness (QED) is 0.489. The van der Waals surface area contributed by atoms with E-state index in [4.69, 9.17) is 10.5 Å². The van der Waals surface area contributed by atoms with Crippen molar-refractivity contribution in [1.29, 1.82) is 0 Å². The van der Waals surface area contributed by atoms with Gasteiger partial charge >= 0.3 is 12.3 Å². The first-order valence-corrected chi connectivity index (χ1v) is 12.2. The Kier molecular flexibility index (Phi) is 7.48. The maximum atomic E-state index is 13.5. The summed E-state index contributed by atoms with van der Waals surface area (Å²) in [6, 6.07) is 10.0. The molecule has 1 heterocycles. The summed E-state index contributed by atoms with van der Waals surface area (Å²) in [4.78, 5) is 31.1. The van der Waals surface area contributed by atoms with Crippen LogP contribution < -0.4 is 5.73 Å². The van der Waals surface area contributed by atoms with Crippen LogP contribution in [0.1, 0.15) is 60.1 Å². The molecule has 2 aromatic rings. The van der Waals surface area contributed by atoms with Gasteiger partial charge in [0.25, 0.3) is 5.91 Å². The number of aromatic nitrogens is 1. The van der Waals surface area contributed by atoms with Gasteiger partial charge in [0.2, 0.25) is 5.60 Å². The van der Waals surface area contributed by atoms with Gasteiger partial charge < -0.3 is 25.6 Å². The Morgan fingerprint density at radius 2 is 1.68 bits per heavy atom. The lowest BCUT2D eigenvalue weighted by Gasteiger charge is -2.43. The molecule has 11 heteroatoms. The zero-order valence-electron chi connectivity index (χ0n) is 20.2. The van der Waals surface area contributed by atoms with Crippen molar-refractivity contribution in [3.63, 3.8) is 0 Å². The molecule has 0 aliphatic heterocycles. The van der Waals surface area contributed by atoms with E-state index in [2.05, 4.69) is 4.98 Å². The van der Waals surface area contributed by atoms with Crippen molar-refractivity contribution in [1.82, 2.24) is 9.88 Å². The molecule has 1 aromatic carbocycles. The Labute approximate surface area is 212 Å². The van der Waals surface area contributed by atoms with Crippen LogP contribution >= 0.6 is 0 Å². The smallest absolute Gasteiger partial charge is 0.423 e. The molecule has 4 N–H and O–H groups in total. The van der Waals surface area contributed by atoms with Crippen molar-refractivity contribution in [3.8, 4) is 0 Å². The third-order valence-corrected chi connectivity index (χ3v) is 7.49. The number of nitrogens with zero attached hydrogens (tertiary/aromatic N) is 2. The van der Waals surface area contributed by atoms with E-state index >= 15 is 0 Å². The van der Waals surface area contributed by atoms with Crippen LogP contribution in [0.15, 0.2) is 48.7 Å². The van der Waals surface area contributed by atoms with Crippen LogP contribution in [0.25, 0.3) is 0 Å². The summed E-state index contributed by atoms with van der Waals surface area (Å²) in [5.41, 5.74) is 1.74. The van der Waals surface area contributed by atoms with Crippen LogP contribution in [0.3, 0.4) is 0 Å². The Hall–Kier alpha value is -3.18. The average Bonchev–Trinajstić information content (AvgIpc) is 3.73. The van der Waals surface area contributed by atoms with Crippen molar-refractivity contribution in [2.24, 2.45) is 5.73 Å². The molecule has 37 heavy (non-hydrogen) atoms. The highest BCUT2D eigenvalue weighted by atomic mass is 19.4. The number of hydrogen-bond acceptors (Lipinski definition) is 6. The lowest BCUT2D eigenvalue weighted by atomic mass is 9.70. The maximum Gasteiger partial charge on any atom is 0.423 e. The second kappa shape index (κ2) is 10.3. The molecule has 2 saturated carbocycles. The first kappa shape index (κ1) is 26.9. The summed E-state index contributed by atoms with van der Waals surface area (Å²) in [7, 11) is 0. The molecule has 4 rings (SSSR count). The molecule has 2 aliphatic rings. The number of benzene rings is 1. The fourth-order valence-electron chi connectivity index (χ4n) is 5.16. The number of rotatable bonds is 8. The molecule has 0 saturated heterocycles. The van der Waals surface area contributed by atoms with Gasteiger partial charge in [-0.1, -0.05) is 18.2 Å². The van der Waals surface area contributed by atoms with Crippen LogP contribution in [0.2, 0.25) is 0 Å². The summed E-state index contributed by atoms with van der Waals surface area (Å²) in [6.45, 7) is -1.45. The molecule has 1 atom stereocenters. The number of halogens is 3. The summed E-state index contributed by atoms with van der Waals surface area (Å²) >= 11 is 0. The average molecular weight is 522 g/mol. The molecular formula is C26H30F3N3O5. The van der Waals surface area contributed by atoms with Gasteiger partial charge in [-0.2, -0.15) is 13.2 Å². The van der Waals surface area contributed by atoms with Crippen molar-refractivity contribution >= 4 is 12.0 Å². The number of aliphatic hydroxyl groups excluding tert-OH is 1. The van der Waals surface area contributed by atoms with Crippen LogP contribution in [-0.4, -0.2) is 63.6 Å². The predicted octanol–water partition coefficient (Wildman–Crippen LogP) is 3.40. The Balaban J connectivity index is 1.52. The third-order valence-electron chi connectivity index (χ3n) is 7.49. The van der Waals surface area contributed by atoms with Gasteiger partial charge in [0, 0.05) is 35.0 Å². The number of carbonyl (C=O) groups is 2. The van der Waals surface area contributed by atoms with Gasteiger partial charge in [-0.3, -0.25) is 9.78 Å². The minimum Gasteiger partial charge on any atom is -0.449 e. The first-order valence-electron chi connectivity index (χ1n) is 12.2. The zero-order chi connectivity index (χ0) is 26.8. The fraction of sp³-hybridized carbons (Fsp3) is 0.500. The molecular weight excluding hydrogens is 491 g/mol. The number of alkyl halides is 3. The fourth-order valence-corrected chi connectivity index (χ4v) is 5.16. The summed E-state index contributed by atoms with van der Waals surface area (Å²) < 4.78 is 45.1. The largest absolute Gasteiger partial charge is 0.449 e. The van der Waals surface area contributed by atoms with Gasteiger partial charge in [0.05, 0.1) is 6.61 Å². The molecule has 0 bridgehead atoms. The second-order valence-electron chi connectivity index (χ2n) is 9.87. The van der Waals surface area contributed by atoms with E-state index in [1.807, 2.05) is 17.0 Å². The zero-order valence-corrected chi connectivity index (χ0v) is 20.2. The maximum absolute atomic E-state index is 13.5. The van der Waals surface area contributed by atoms with Crippen LogP contribution in [0, 0.1) is 0 Å². The van der Waals surface area contributed by atoms with E-state index in [1.165, 1.54) is 12.1 Å². The number of pyridine rings is 1. The van der Waals surface area contributed by atoms with Crippen molar-refractivity contribution in [2.45, 2.75) is 67.8 Å². The van der Waals surface area contributed by atoms with Gasteiger partial charge in [0.15, 0.2) is 0 Å². The van der Waals surface area contributed by atoms with Gasteiger partial charge in [0.1, 0.15) is 6.61 Å². The summed E-state index contributed by atoms with van der Waals surface area (Å²) in [6.07, 6.45) is -0.131. The van der Waals surface area contributed by atoms with E-state index in [-0.39, 0.29) is 30.2 Å². The van der Waals surface area contributed by atoms with Crippen LogP contribution in [0.4, 0.5) is 18.0 Å². The minimum absolute atomic E-state index is 0.0472. The van der Waals surface area contributed by atoms with E-state index in [0.29, 0.717) is 25.7 Å². The number of ether oxygens (including phenoxy) is 1. The number of aliphatic hydroxyl groups is 2. The SMILES string of the molecule is NC(=O)OC[C@]1(c2ccccn2)CC[C@H](N(C(=O)c2ccc(C(O)(CO)C(F)(F)F)cc2)C2CC2)CC1. The number of nitrogens with two attached hydrogens (primary N) is 1. The number of carbonyl (C=O) groups excluding carboxylic acids is 2. The lowest BCUT2D eigenvalue weighted by Crippen LogP contribution is -2.48. The number of primary amides is 1. The molecule has 1 unspecified atom stereocenters. The Morgan fingerprint density at radius 1 is 1.05 bits per heavy atom. The standard InChI is InChI=1S/C26H30F3N3O5/c27-26(28,29)25(36,15-33)18-6-4-17(5-7-18)22(34)32(19-8-9-19)20-10-12-24(13-11-20,16-37-23(30)35)21-3-1-2-14-31-21/h1-7,14,19-20,33,36H,8-13,15-16H2,(H2,30,35)/t20-,24-,25?. The molecule has 2 amide bonds. The van der Waals surface area contributed by atoms with Crippen molar-refractivity contribution in [2.75, 3.05) is 13.2 Å². The third kappa shape index (κ3) is 5.42.